The fraction of sp³-hybridized carbons (Fsp3) is 0.385. The number of carbonyl (C=O) groups is 1. The second-order valence-electron chi connectivity index (χ2n) is 10.3. The van der Waals surface area contributed by atoms with Crippen LogP contribution in [-0.4, -0.2) is 39.6 Å². The topological polar surface area (TPSA) is 80.1 Å². The lowest BCUT2D eigenvalue weighted by Crippen LogP contribution is -2.41. The van der Waals surface area contributed by atoms with Crippen molar-refractivity contribution in [2.45, 2.75) is 44.9 Å². The Labute approximate surface area is 195 Å². The summed E-state index contributed by atoms with van der Waals surface area (Å²) in [5.74, 6) is -2.64. The molecule has 178 valence electrons. The molecule has 0 radical (unpaired) electrons. The Morgan fingerprint density at radius 3 is 2.65 bits per heavy atom. The minimum atomic E-state index is -0.928. The van der Waals surface area contributed by atoms with Crippen molar-refractivity contribution < 1.29 is 23.4 Å². The van der Waals surface area contributed by atoms with Crippen molar-refractivity contribution in [1.29, 1.82) is 0 Å². The van der Waals surface area contributed by atoms with Crippen molar-refractivity contribution in [3.05, 3.63) is 59.4 Å². The second-order valence-corrected chi connectivity index (χ2v) is 10.3. The van der Waals surface area contributed by atoms with Gasteiger partial charge in [0, 0.05) is 40.7 Å². The quantitative estimate of drug-likeness (QED) is 0.383. The minimum absolute atomic E-state index is 0.00153. The van der Waals surface area contributed by atoms with Crippen LogP contribution in [0.25, 0.3) is 27.5 Å². The number of nitrogens with one attached hydrogen (secondary N) is 1. The average molecular weight is 468 g/mol. The Hall–Kier alpha value is -3.26. The van der Waals surface area contributed by atoms with E-state index >= 15 is 0 Å². The summed E-state index contributed by atoms with van der Waals surface area (Å²) in [5.41, 5.74) is 2.82. The summed E-state index contributed by atoms with van der Waals surface area (Å²) in [5, 5.41) is 18.7. The second kappa shape index (κ2) is 7.63. The molecule has 1 saturated carbocycles. The summed E-state index contributed by atoms with van der Waals surface area (Å²) in [6.45, 7) is 6.26. The summed E-state index contributed by atoms with van der Waals surface area (Å²) in [6, 6.07) is 7.90. The van der Waals surface area contributed by atoms with Crippen LogP contribution in [0.3, 0.4) is 0 Å². The highest BCUT2D eigenvalue weighted by Crippen LogP contribution is 2.55. The van der Waals surface area contributed by atoms with Crippen molar-refractivity contribution in [2.24, 2.45) is 5.41 Å². The number of carboxylic acids is 1. The molecule has 0 spiro atoms. The molecular weight excluding hydrogens is 440 g/mol. The summed E-state index contributed by atoms with van der Waals surface area (Å²) in [7, 11) is 1.63. The van der Waals surface area contributed by atoms with Gasteiger partial charge in [0.15, 0.2) is 11.6 Å². The molecule has 5 rings (SSSR count). The molecule has 0 unspecified atom stereocenters. The normalized spacial score (nSPS) is 20.7. The summed E-state index contributed by atoms with van der Waals surface area (Å²) in [4.78, 5) is 11.8. The molecule has 2 heterocycles. The molecule has 2 aromatic heterocycles. The van der Waals surface area contributed by atoms with Crippen molar-refractivity contribution >= 4 is 27.8 Å². The highest BCUT2D eigenvalue weighted by molar-refractivity contribution is 5.99. The highest BCUT2D eigenvalue weighted by Gasteiger charge is 2.49. The van der Waals surface area contributed by atoms with E-state index < -0.39 is 28.4 Å². The molecule has 0 bridgehead atoms. The standard InChI is InChI=1S/C26H27F2N3O3/c1-25(2,13-34-4)23-22(15-10-26(3,11-15)24(32)33)17-9-20-14(12-29-30-20)7-21(17)31(23)16-5-6-18(27)19(28)8-16/h5-9,12,15H,10-11,13H2,1-4H3,(H,29,30)(H,32,33). The van der Waals surface area contributed by atoms with Crippen molar-refractivity contribution in [3.8, 4) is 5.69 Å². The van der Waals surface area contributed by atoms with E-state index in [1.54, 1.807) is 26.3 Å². The number of fused-ring (bicyclic) bond motifs is 2. The third-order valence-corrected chi connectivity index (χ3v) is 7.19. The maximum absolute atomic E-state index is 14.4. The van der Waals surface area contributed by atoms with Crippen LogP contribution in [-0.2, 0) is 14.9 Å². The third-order valence-electron chi connectivity index (χ3n) is 7.19. The number of hydrogen-bond donors (Lipinski definition) is 2. The van der Waals surface area contributed by atoms with Gasteiger partial charge in [-0.3, -0.25) is 9.89 Å². The maximum atomic E-state index is 14.4. The predicted molar refractivity (Wildman–Crippen MR) is 125 cm³/mol. The lowest BCUT2D eigenvalue weighted by atomic mass is 9.60. The van der Waals surface area contributed by atoms with Crippen molar-refractivity contribution in [1.82, 2.24) is 14.8 Å². The molecule has 1 aliphatic carbocycles. The minimum Gasteiger partial charge on any atom is -0.481 e. The fourth-order valence-corrected chi connectivity index (χ4v) is 5.56. The van der Waals surface area contributed by atoms with Gasteiger partial charge in [0.2, 0.25) is 0 Å². The molecule has 4 aromatic rings. The molecule has 0 amide bonds. The third kappa shape index (κ3) is 3.31. The largest absolute Gasteiger partial charge is 0.481 e. The highest BCUT2D eigenvalue weighted by atomic mass is 19.2. The van der Waals surface area contributed by atoms with Gasteiger partial charge in [0.05, 0.1) is 29.3 Å². The van der Waals surface area contributed by atoms with E-state index in [4.69, 9.17) is 4.74 Å². The molecule has 1 aliphatic rings. The first-order valence-electron chi connectivity index (χ1n) is 11.3. The first-order chi connectivity index (χ1) is 16.1. The number of H-pyrrole nitrogens is 1. The van der Waals surface area contributed by atoms with Crippen LogP contribution in [0.4, 0.5) is 8.78 Å². The lowest BCUT2D eigenvalue weighted by molar-refractivity contribution is -0.154. The maximum Gasteiger partial charge on any atom is 0.309 e. The number of aromatic amines is 1. The van der Waals surface area contributed by atoms with Crippen LogP contribution in [0.2, 0.25) is 0 Å². The van der Waals surface area contributed by atoms with Gasteiger partial charge in [-0.2, -0.15) is 5.10 Å². The van der Waals surface area contributed by atoms with Gasteiger partial charge in [-0.1, -0.05) is 13.8 Å². The van der Waals surface area contributed by atoms with Crippen LogP contribution in [0, 0.1) is 17.0 Å². The predicted octanol–water partition coefficient (Wildman–Crippen LogP) is 5.68. The van der Waals surface area contributed by atoms with Crippen LogP contribution in [0.15, 0.2) is 36.5 Å². The van der Waals surface area contributed by atoms with Crippen molar-refractivity contribution in [2.75, 3.05) is 13.7 Å². The number of methoxy groups -OCH3 is 1. The number of halogens is 2. The molecule has 6 nitrogen and oxygen atoms in total. The van der Waals surface area contributed by atoms with E-state index in [1.165, 1.54) is 6.07 Å². The monoisotopic (exact) mass is 467 g/mol. The van der Waals surface area contributed by atoms with Crippen LogP contribution in [0.1, 0.15) is 50.8 Å². The zero-order chi connectivity index (χ0) is 24.4. The molecule has 0 saturated heterocycles. The Morgan fingerprint density at radius 1 is 1.26 bits per heavy atom. The number of aliphatic carboxylic acids is 1. The van der Waals surface area contributed by atoms with E-state index in [0.717, 1.165) is 39.1 Å². The van der Waals surface area contributed by atoms with Crippen LogP contribution >= 0.6 is 0 Å². The van der Waals surface area contributed by atoms with Crippen molar-refractivity contribution in [3.63, 3.8) is 0 Å². The van der Waals surface area contributed by atoms with Gasteiger partial charge in [-0.25, -0.2) is 8.78 Å². The fourth-order valence-electron chi connectivity index (χ4n) is 5.56. The number of carboxylic acid groups (broad SMARTS) is 1. The molecule has 2 aromatic carbocycles. The van der Waals surface area contributed by atoms with Gasteiger partial charge in [0.25, 0.3) is 0 Å². The van der Waals surface area contributed by atoms with Crippen LogP contribution in [0.5, 0.6) is 0 Å². The smallest absolute Gasteiger partial charge is 0.309 e. The molecule has 0 atom stereocenters. The molecule has 1 fully saturated rings. The lowest BCUT2D eigenvalue weighted by Gasteiger charge is -2.43. The average Bonchev–Trinajstić information content (AvgIpc) is 3.33. The van der Waals surface area contributed by atoms with Gasteiger partial charge in [0.1, 0.15) is 0 Å². The molecule has 2 N–H and O–H groups in total. The number of nitrogens with zero attached hydrogens (tertiary/aromatic N) is 2. The van der Waals surface area contributed by atoms with E-state index in [2.05, 4.69) is 10.2 Å². The zero-order valence-corrected chi connectivity index (χ0v) is 19.6. The van der Waals surface area contributed by atoms with E-state index in [0.29, 0.717) is 25.1 Å². The zero-order valence-electron chi connectivity index (χ0n) is 19.6. The first-order valence-corrected chi connectivity index (χ1v) is 11.3. The van der Waals surface area contributed by atoms with Crippen LogP contribution < -0.4 is 0 Å². The van der Waals surface area contributed by atoms with Gasteiger partial charge >= 0.3 is 5.97 Å². The number of ether oxygens (including phenoxy) is 1. The Morgan fingerprint density at radius 2 is 2.00 bits per heavy atom. The molecule has 8 heteroatoms. The Bertz CT molecular complexity index is 1430. The van der Waals surface area contributed by atoms with Gasteiger partial charge in [-0.05, 0) is 55.5 Å². The molecule has 0 aliphatic heterocycles. The molecular formula is C26H27F2N3O3. The summed E-state index contributed by atoms with van der Waals surface area (Å²) < 4.78 is 35.7. The first kappa shape index (κ1) is 22.5. The summed E-state index contributed by atoms with van der Waals surface area (Å²) >= 11 is 0. The number of hydrogen-bond acceptors (Lipinski definition) is 3. The van der Waals surface area contributed by atoms with Gasteiger partial charge in [-0.15, -0.1) is 0 Å². The van der Waals surface area contributed by atoms with Gasteiger partial charge < -0.3 is 14.4 Å². The number of benzene rings is 2. The number of aromatic nitrogens is 3. The molecule has 34 heavy (non-hydrogen) atoms. The van der Waals surface area contributed by atoms with E-state index in [9.17, 15) is 18.7 Å². The van der Waals surface area contributed by atoms with E-state index in [-0.39, 0.29) is 5.92 Å². The SMILES string of the molecule is COCC(C)(C)c1c(C2CC(C)(C(=O)O)C2)c2cc3[nH]ncc3cc2n1-c1ccc(F)c(F)c1. The number of rotatable bonds is 6. The Balaban J connectivity index is 1.86. The Kier molecular flexibility index (Phi) is 5.06. The summed E-state index contributed by atoms with van der Waals surface area (Å²) in [6.07, 6.45) is 2.72. The van der Waals surface area contributed by atoms with E-state index in [1.807, 2.05) is 30.5 Å².